The molecule has 2 nitrogen and oxygen atoms in total. The van der Waals surface area contributed by atoms with Gasteiger partial charge in [-0.15, -0.1) is 0 Å². The van der Waals surface area contributed by atoms with Crippen LogP contribution in [0.4, 0.5) is 0 Å². The van der Waals surface area contributed by atoms with E-state index in [0.717, 1.165) is 12.8 Å². The van der Waals surface area contributed by atoms with E-state index in [9.17, 15) is 0 Å². The normalized spacial score (nSPS) is 27.3. The van der Waals surface area contributed by atoms with Crippen LogP contribution in [0, 0.1) is 6.92 Å². The molecule has 0 aromatic heterocycles. The second-order valence-corrected chi connectivity index (χ2v) is 4.84. The van der Waals surface area contributed by atoms with Crippen LogP contribution in [0.5, 0.6) is 0 Å². The molecule has 0 N–H and O–H groups in total. The van der Waals surface area contributed by atoms with Gasteiger partial charge in [-0.25, -0.2) is 0 Å². The lowest BCUT2D eigenvalue weighted by atomic mass is 10.0. The molecule has 1 fully saturated rings. The van der Waals surface area contributed by atoms with Gasteiger partial charge in [-0.05, 0) is 37.8 Å². The molecule has 1 aromatic rings. The van der Waals surface area contributed by atoms with E-state index >= 15 is 0 Å². The second-order valence-electron chi connectivity index (χ2n) is 4.84. The van der Waals surface area contributed by atoms with E-state index in [1.807, 2.05) is 0 Å². The van der Waals surface area contributed by atoms with Crippen molar-refractivity contribution in [1.82, 2.24) is 0 Å². The number of hydrogen-bond acceptors (Lipinski definition) is 2. The first-order valence-electron chi connectivity index (χ1n) is 6.53. The van der Waals surface area contributed by atoms with Crippen molar-refractivity contribution in [3.63, 3.8) is 0 Å². The first kappa shape index (κ1) is 12.6. The monoisotopic (exact) mass is 234 g/mol. The Morgan fingerprint density at radius 1 is 1.12 bits per heavy atom. The topological polar surface area (TPSA) is 18.5 Å². The maximum Gasteiger partial charge on any atom is 0.169 e. The van der Waals surface area contributed by atoms with E-state index in [2.05, 4.69) is 52.0 Å². The molecule has 17 heavy (non-hydrogen) atoms. The molecule has 94 valence electrons. The Kier molecular flexibility index (Phi) is 3.55. The SMILES string of the molecule is CCC1(CC)O[C@H](c2ccccc2C)[C@@H](C)O1. The van der Waals surface area contributed by atoms with Gasteiger partial charge < -0.3 is 9.47 Å². The third kappa shape index (κ3) is 2.24. The summed E-state index contributed by atoms with van der Waals surface area (Å²) >= 11 is 0. The molecule has 1 aromatic carbocycles. The molecule has 2 rings (SSSR count). The quantitative estimate of drug-likeness (QED) is 0.787. The van der Waals surface area contributed by atoms with Gasteiger partial charge in [0.05, 0.1) is 6.10 Å². The molecule has 0 bridgehead atoms. The van der Waals surface area contributed by atoms with E-state index in [1.54, 1.807) is 0 Å². The summed E-state index contributed by atoms with van der Waals surface area (Å²) in [4.78, 5) is 0. The summed E-state index contributed by atoms with van der Waals surface area (Å²) in [5.74, 6) is -0.383. The van der Waals surface area contributed by atoms with Crippen LogP contribution in [0.3, 0.4) is 0 Å². The summed E-state index contributed by atoms with van der Waals surface area (Å²) in [5, 5.41) is 0. The summed E-state index contributed by atoms with van der Waals surface area (Å²) in [6.45, 7) is 8.47. The van der Waals surface area contributed by atoms with Gasteiger partial charge >= 0.3 is 0 Å². The Morgan fingerprint density at radius 2 is 1.76 bits per heavy atom. The molecule has 0 amide bonds. The van der Waals surface area contributed by atoms with Crippen molar-refractivity contribution < 1.29 is 9.47 Å². The molecule has 2 atom stereocenters. The molecule has 0 aliphatic carbocycles. The first-order valence-corrected chi connectivity index (χ1v) is 6.53. The highest BCUT2D eigenvalue weighted by atomic mass is 16.8. The van der Waals surface area contributed by atoms with Crippen molar-refractivity contribution >= 4 is 0 Å². The van der Waals surface area contributed by atoms with Gasteiger partial charge in [-0.2, -0.15) is 0 Å². The van der Waals surface area contributed by atoms with Crippen LogP contribution in [0.2, 0.25) is 0 Å². The summed E-state index contributed by atoms with van der Waals surface area (Å²) in [6.07, 6.45) is 1.99. The molecule has 2 heteroatoms. The third-order valence-electron chi connectivity index (χ3n) is 3.74. The predicted molar refractivity (Wildman–Crippen MR) is 68.9 cm³/mol. The van der Waals surface area contributed by atoms with Gasteiger partial charge in [0, 0.05) is 0 Å². The van der Waals surface area contributed by atoms with Crippen LogP contribution >= 0.6 is 0 Å². The van der Waals surface area contributed by atoms with Gasteiger partial charge in [0.25, 0.3) is 0 Å². The lowest BCUT2D eigenvalue weighted by molar-refractivity contribution is -0.178. The maximum atomic E-state index is 6.20. The van der Waals surface area contributed by atoms with E-state index in [4.69, 9.17) is 9.47 Å². The minimum atomic E-state index is -0.383. The minimum absolute atomic E-state index is 0.0658. The zero-order chi connectivity index (χ0) is 12.5. The van der Waals surface area contributed by atoms with Crippen LogP contribution in [0.25, 0.3) is 0 Å². The maximum absolute atomic E-state index is 6.20. The molecule has 1 aliphatic rings. The van der Waals surface area contributed by atoms with Crippen LogP contribution < -0.4 is 0 Å². The first-order chi connectivity index (χ1) is 8.12. The zero-order valence-corrected chi connectivity index (χ0v) is 11.2. The smallest absolute Gasteiger partial charge is 0.169 e. The molecular formula is C15H22O2. The van der Waals surface area contributed by atoms with Crippen LogP contribution in [-0.2, 0) is 9.47 Å². The van der Waals surface area contributed by atoms with Crippen LogP contribution in [0.15, 0.2) is 24.3 Å². The second kappa shape index (κ2) is 4.79. The number of hydrogen-bond donors (Lipinski definition) is 0. The number of rotatable bonds is 3. The predicted octanol–water partition coefficient (Wildman–Crippen LogP) is 3.99. The fourth-order valence-corrected chi connectivity index (χ4v) is 2.56. The summed E-state index contributed by atoms with van der Waals surface area (Å²) < 4.78 is 12.3. The Bertz CT molecular complexity index is 382. The highest BCUT2D eigenvalue weighted by Gasteiger charge is 2.44. The molecular weight excluding hydrogens is 212 g/mol. The fraction of sp³-hybridized carbons (Fsp3) is 0.600. The van der Waals surface area contributed by atoms with Gasteiger partial charge in [-0.1, -0.05) is 38.1 Å². The van der Waals surface area contributed by atoms with Crippen molar-refractivity contribution in [3.8, 4) is 0 Å². The lowest BCUT2D eigenvalue weighted by Gasteiger charge is -2.25. The van der Waals surface area contributed by atoms with E-state index in [-0.39, 0.29) is 18.0 Å². The van der Waals surface area contributed by atoms with Gasteiger partial charge in [-0.3, -0.25) is 0 Å². The van der Waals surface area contributed by atoms with Crippen molar-refractivity contribution in [2.45, 2.75) is 58.5 Å². The highest BCUT2D eigenvalue weighted by Crippen LogP contribution is 2.42. The largest absolute Gasteiger partial charge is 0.344 e. The van der Waals surface area contributed by atoms with Crippen molar-refractivity contribution in [2.24, 2.45) is 0 Å². The highest BCUT2D eigenvalue weighted by molar-refractivity contribution is 5.29. The van der Waals surface area contributed by atoms with Crippen LogP contribution in [0.1, 0.15) is 50.8 Å². The summed E-state index contributed by atoms with van der Waals surface area (Å²) in [7, 11) is 0. The molecule has 1 saturated heterocycles. The minimum Gasteiger partial charge on any atom is -0.344 e. The van der Waals surface area contributed by atoms with Gasteiger partial charge in [0.2, 0.25) is 0 Å². The molecule has 0 unspecified atom stereocenters. The Balaban J connectivity index is 2.27. The van der Waals surface area contributed by atoms with Crippen molar-refractivity contribution in [3.05, 3.63) is 35.4 Å². The summed E-state index contributed by atoms with van der Waals surface area (Å²) in [5.41, 5.74) is 2.53. The van der Waals surface area contributed by atoms with Gasteiger partial charge in [0.15, 0.2) is 5.79 Å². The number of benzene rings is 1. The Hall–Kier alpha value is -0.860. The number of aryl methyl sites for hydroxylation is 1. The average molecular weight is 234 g/mol. The van der Waals surface area contributed by atoms with Crippen molar-refractivity contribution in [1.29, 1.82) is 0 Å². The average Bonchev–Trinajstić information content (AvgIpc) is 2.68. The molecule has 0 spiro atoms. The molecule has 0 saturated carbocycles. The summed E-state index contributed by atoms with van der Waals surface area (Å²) in [6, 6.07) is 8.40. The van der Waals surface area contributed by atoms with E-state index < -0.39 is 0 Å². The standard InChI is InChI=1S/C15H22O2/c1-5-15(6-2)16-12(4)14(17-15)13-10-8-7-9-11(13)3/h7-10,12,14H,5-6H2,1-4H3/t12-,14+/m1/s1. The fourth-order valence-electron chi connectivity index (χ4n) is 2.56. The van der Waals surface area contributed by atoms with Crippen LogP contribution in [-0.4, -0.2) is 11.9 Å². The molecule has 1 aliphatic heterocycles. The molecule has 1 heterocycles. The third-order valence-corrected chi connectivity index (χ3v) is 3.74. The lowest BCUT2D eigenvalue weighted by Crippen LogP contribution is -2.28. The Labute approximate surface area is 104 Å². The van der Waals surface area contributed by atoms with Gasteiger partial charge in [0.1, 0.15) is 6.10 Å². The van der Waals surface area contributed by atoms with E-state index in [1.165, 1.54) is 11.1 Å². The van der Waals surface area contributed by atoms with Crippen molar-refractivity contribution in [2.75, 3.05) is 0 Å². The number of ether oxygens (including phenoxy) is 2. The molecule has 0 radical (unpaired) electrons. The Morgan fingerprint density at radius 3 is 2.29 bits per heavy atom. The zero-order valence-electron chi connectivity index (χ0n) is 11.2. The van der Waals surface area contributed by atoms with E-state index in [0.29, 0.717) is 0 Å².